The lowest BCUT2D eigenvalue weighted by atomic mass is 10.2. The van der Waals surface area contributed by atoms with Crippen LogP contribution in [0.5, 0.6) is 0 Å². The predicted octanol–water partition coefficient (Wildman–Crippen LogP) is 0.696. The zero-order valence-electron chi connectivity index (χ0n) is 15.5. The Morgan fingerprint density at radius 2 is 2.00 bits per heavy atom. The molecule has 3 N–H and O–H groups in total. The summed E-state index contributed by atoms with van der Waals surface area (Å²) in [6.07, 6.45) is 3.19. The van der Waals surface area contributed by atoms with E-state index in [2.05, 4.69) is 9.97 Å². The molecule has 1 saturated carbocycles. The molecule has 8 nitrogen and oxygen atoms in total. The van der Waals surface area contributed by atoms with Crippen molar-refractivity contribution in [1.82, 2.24) is 19.4 Å². The molecular formula is C20H21N5O3. The van der Waals surface area contributed by atoms with Gasteiger partial charge in [0, 0.05) is 25.3 Å². The fraction of sp³-hybridized carbons (Fsp3) is 0.300. The number of nitrogens with two attached hydrogens (primary N) is 1. The Bertz CT molecular complexity index is 1160. The lowest BCUT2D eigenvalue weighted by Crippen LogP contribution is -2.40. The van der Waals surface area contributed by atoms with Gasteiger partial charge in [-0.25, -0.2) is 9.78 Å². The van der Waals surface area contributed by atoms with E-state index in [9.17, 15) is 14.4 Å². The quantitative estimate of drug-likeness (QED) is 0.677. The van der Waals surface area contributed by atoms with Crippen molar-refractivity contribution in [3.8, 4) is 0 Å². The van der Waals surface area contributed by atoms with Gasteiger partial charge in [0.05, 0.1) is 17.5 Å². The van der Waals surface area contributed by atoms with Crippen LogP contribution in [0.4, 0.5) is 0 Å². The van der Waals surface area contributed by atoms with Crippen LogP contribution in [0.3, 0.4) is 0 Å². The summed E-state index contributed by atoms with van der Waals surface area (Å²) in [5.41, 5.74) is 6.11. The highest BCUT2D eigenvalue weighted by atomic mass is 16.2. The van der Waals surface area contributed by atoms with Gasteiger partial charge in [-0.3, -0.25) is 19.1 Å². The first-order valence-corrected chi connectivity index (χ1v) is 9.07. The lowest BCUT2D eigenvalue weighted by molar-refractivity contribution is 0.0782. The summed E-state index contributed by atoms with van der Waals surface area (Å²) < 4.78 is 1.39. The minimum Gasteiger partial charge on any atom is -0.340 e. The molecule has 0 radical (unpaired) electrons. The molecule has 1 aromatic carbocycles. The maximum absolute atomic E-state index is 12.7. The number of carbonyl (C=O) groups is 1. The average molecular weight is 379 g/mol. The van der Waals surface area contributed by atoms with Crippen molar-refractivity contribution in [1.29, 1.82) is 0 Å². The summed E-state index contributed by atoms with van der Waals surface area (Å²) in [5, 5.41) is 0.198. The average Bonchev–Trinajstić information content (AvgIpc) is 3.41. The van der Waals surface area contributed by atoms with E-state index in [0.717, 1.165) is 18.4 Å². The molecule has 0 aliphatic heterocycles. The summed E-state index contributed by atoms with van der Waals surface area (Å²) in [6.45, 7) is 0.719. The van der Waals surface area contributed by atoms with Gasteiger partial charge >= 0.3 is 5.69 Å². The van der Waals surface area contributed by atoms with Crippen molar-refractivity contribution >= 4 is 16.9 Å². The molecule has 4 rings (SSSR count). The van der Waals surface area contributed by atoms with Gasteiger partial charge in [0.15, 0.2) is 0 Å². The van der Waals surface area contributed by atoms with Gasteiger partial charge in [-0.05, 0) is 24.5 Å². The summed E-state index contributed by atoms with van der Waals surface area (Å²) in [6, 6.07) is 10.9. The number of rotatable bonds is 5. The van der Waals surface area contributed by atoms with Gasteiger partial charge in [0.2, 0.25) is 0 Å². The van der Waals surface area contributed by atoms with Gasteiger partial charge in [-0.1, -0.05) is 30.3 Å². The van der Waals surface area contributed by atoms with E-state index < -0.39 is 11.2 Å². The molecule has 28 heavy (non-hydrogen) atoms. The first kappa shape index (κ1) is 18.1. The van der Waals surface area contributed by atoms with E-state index in [1.165, 1.54) is 16.8 Å². The summed E-state index contributed by atoms with van der Waals surface area (Å²) in [7, 11) is 1.68. The number of benzene rings is 1. The Morgan fingerprint density at radius 3 is 2.68 bits per heavy atom. The van der Waals surface area contributed by atoms with E-state index in [1.807, 2.05) is 30.3 Å². The smallest absolute Gasteiger partial charge is 0.330 e. The number of hydrogen-bond donors (Lipinski definition) is 2. The van der Waals surface area contributed by atoms with Crippen molar-refractivity contribution < 1.29 is 4.79 Å². The molecule has 3 aromatic rings. The molecule has 0 saturated heterocycles. The summed E-state index contributed by atoms with van der Waals surface area (Å²) in [5.74, 6) is -0.258. The first-order chi connectivity index (χ1) is 13.4. The number of likely N-dealkylation sites (N-methyl/N-ethyl adjacent to an activating group) is 1. The van der Waals surface area contributed by atoms with E-state index in [0.29, 0.717) is 6.54 Å². The Hall–Kier alpha value is -3.26. The normalized spacial score (nSPS) is 14.8. The zero-order chi connectivity index (χ0) is 19.9. The highest BCUT2D eigenvalue weighted by Gasteiger charge is 2.40. The number of nitrogens with one attached hydrogen (secondary N) is 1. The summed E-state index contributed by atoms with van der Waals surface area (Å²) in [4.78, 5) is 45.5. The van der Waals surface area contributed by atoms with Crippen LogP contribution < -0.4 is 17.0 Å². The molecule has 1 amide bonds. The highest BCUT2D eigenvalue weighted by molar-refractivity contribution is 5.96. The molecular weight excluding hydrogens is 358 g/mol. The molecule has 0 atom stereocenters. The van der Waals surface area contributed by atoms with Gasteiger partial charge < -0.3 is 10.6 Å². The zero-order valence-corrected chi connectivity index (χ0v) is 15.5. The number of hydrogen-bond acceptors (Lipinski definition) is 5. The van der Waals surface area contributed by atoms with E-state index in [1.54, 1.807) is 11.9 Å². The Kier molecular flexibility index (Phi) is 4.35. The summed E-state index contributed by atoms with van der Waals surface area (Å²) >= 11 is 0. The number of amides is 1. The Balaban J connectivity index is 1.72. The number of aromatic amines is 1. The fourth-order valence-corrected chi connectivity index (χ4v) is 3.28. The molecule has 0 unspecified atom stereocenters. The van der Waals surface area contributed by atoms with Crippen molar-refractivity contribution in [2.24, 2.45) is 5.73 Å². The second kappa shape index (κ2) is 6.72. The maximum atomic E-state index is 12.7. The van der Waals surface area contributed by atoms with E-state index >= 15 is 0 Å². The Morgan fingerprint density at radius 1 is 1.29 bits per heavy atom. The minimum absolute atomic E-state index is 0.198. The van der Waals surface area contributed by atoms with Crippen LogP contribution in [-0.4, -0.2) is 44.5 Å². The standard InChI is InChI=1S/C20H21N5O3/c1-24(12-20(21)7-8-20)18(27)14-9-15-16(22-10-14)25(19(28)23-17(15)26)11-13-5-3-2-4-6-13/h2-6,9-10H,7-8,11-12,21H2,1H3,(H,23,26,28). The number of carbonyl (C=O) groups excluding carboxylic acids is 1. The number of nitrogens with zero attached hydrogens (tertiary/aromatic N) is 3. The molecule has 0 spiro atoms. The number of H-pyrrole nitrogens is 1. The van der Waals surface area contributed by atoms with Crippen LogP contribution in [-0.2, 0) is 6.54 Å². The van der Waals surface area contributed by atoms with Crippen LogP contribution in [0, 0.1) is 0 Å². The second-order valence-electron chi connectivity index (χ2n) is 7.45. The molecule has 1 aliphatic rings. The van der Waals surface area contributed by atoms with Crippen molar-refractivity contribution in [2.75, 3.05) is 13.6 Å². The number of pyridine rings is 1. The van der Waals surface area contributed by atoms with E-state index in [-0.39, 0.29) is 34.6 Å². The molecule has 2 heterocycles. The van der Waals surface area contributed by atoms with Gasteiger partial charge in [-0.15, -0.1) is 0 Å². The fourth-order valence-electron chi connectivity index (χ4n) is 3.28. The predicted molar refractivity (Wildman–Crippen MR) is 105 cm³/mol. The third kappa shape index (κ3) is 3.46. The highest BCUT2D eigenvalue weighted by Crippen LogP contribution is 2.32. The van der Waals surface area contributed by atoms with Crippen molar-refractivity contribution in [2.45, 2.75) is 24.9 Å². The van der Waals surface area contributed by atoms with Gasteiger partial charge in [-0.2, -0.15) is 0 Å². The Labute approximate surface area is 160 Å². The third-order valence-corrected chi connectivity index (χ3v) is 5.05. The number of fused-ring (bicyclic) bond motifs is 1. The lowest BCUT2D eigenvalue weighted by Gasteiger charge is -2.21. The van der Waals surface area contributed by atoms with Gasteiger partial charge in [0.1, 0.15) is 5.65 Å². The van der Waals surface area contributed by atoms with Crippen LogP contribution in [0.1, 0.15) is 28.8 Å². The molecule has 144 valence electrons. The van der Waals surface area contributed by atoms with Gasteiger partial charge in [0.25, 0.3) is 11.5 Å². The molecule has 2 aromatic heterocycles. The molecule has 1 aliphatic carbocycles. The van der Waals surface area contributed by atoms with Crippen LogP contribution >= 0.6 is 0 Å². The van der Waals surface area contributed by atoms with Crippen LogP contribution in [0.2, 0.25) is 0 Å². The minimum atomic E-state index is -0.563. The monoisotopic (exact) mass is 379 g/mol. The van der Waals surface area contributed by atoms with Crippen molar-refractivity contribution in [3.05, 3.63) is 74.6 Å². The number of aromatic nitrogens is 3. The van der Waals surface area contributed by atoms with Crippen LogP contribution in [0.25, 0.3) is 11.0 Å². The largest absolute Gasteiger partial charge is 0.340 e. The molecule has 1 fully saturated rings. The molecule has 0 bridgehead atoms. The van der Waals surface area contributed by atoms with Crippen LogP contribution in [0.15, 0.2) is 52.2 Å². The second-order valence-corrected chi connectivity index (χ2v) is 7.45. The van der Waals surface area contributed by atoms with E-state index in [4.69, 9.17) is 5.73 Å². The SMILES string of the molecule is CN(CC1(N)CC1)C(=O)c1cnc2c(c1)c(=O)[nH]c(=O)n2Cc1ccccc1. The topological polar surface area (TPSA) is 114 Å². The first-order valence-electron chi connectivity index (χ1n) is 9.07. The van der Waals surface area contributed by atoms with Crippen molar-refractivity contribution in [3.63, 3.8) is 0 Å². The maximum Gasteiger partial charge on any atom is 0.330 e. The molecule has 8 heteroatoms. The third-order valence-electron chi connectivity index (χ3n) is 5.05.